The number of aromatic nitrogens is 1. The van der Waals surface area contributed by atoms with E-state index in [4.69, 9.17) is 11.6 Å². The molecule has 0 saturated heterocycles. The Balaban J connectivity index is 2.30. The van der Waals surface area contributed by atoms with Crippen molar-refractivity contribution in [2.75, 3.05) is 5.32 Å². The largest absolute Gasteiger partial charge is 0.418 e. The lowest BCUT2D eigenvalue weighted by molar-refractivity contribution is -0.142. The van der Waals surface area contributed by atoms with Gasteiger partial charge in [0.2, 0.25) is 0 Å². The van der Waals surface area contributed by atoms with Crippen molar-refractivity contribution in [2.24, 2.45) is 0 Å². The van der Waals surface area contributed by atoms with Crippen LogP contribution in [-0.4, -0.2) is 4.98 Å². The Hall–Kier alpha value is -1.48. The first-order valence-electron chi connectivity index (χ1n) is 5.70. The number of nitrogens with one attached hydrogen (secondary N) is 1. The van der Waals surface area contributed by atoms with Gasteiger partial charge < -0.3 is 5.32 Å². The van der Waals surface area contributed by atoms with Gasteiger partial charge in [-0.1, -0.05) is 11.6 Å². The molecule has 0 aliphatic heterocycles. The van der Waals surface area contributed by atoms with E-state index in [0.29, 0.717) is 10.9 Å². The van der Waals surface area contributed by atoms with Gasteiger partial charge in [-0.3, -0.25) is 0 Å². The third kappa shape index (κ3) is 4.04. The fourth-order valence-corrected chi connectivity index (χ4v) is 2.57. The SMILES string of the molecule is FC(F)(F)c1ccc(NCc2cnc(Cl)s2)c(C(F)(F)F)c1. The molecule has 1 N–H and O–H groups in total. The average Bonchev–Trinajstić information content (AvgIpc) is 2.80. The van der Waals surface area contributed by atoms with E-state index in [2.05, 4.69) is 10.3 Å². The highest BCUT2D eigenvalue weighted by Crippen LogP contribution is 2.39. The van der Waals surface area contributed by atoms with E-state index in [0.717, 1.165) is 17.4 Å². The summed E-state index contributed by atoms with van der Waals surface area (Å²) in [6, 6.07) is 1.44. The van der Waals surface area contributed by atoms with Gasteiger partial charge in [-0.25, -0.2) is 4.98 Å². The number of hydrogen-bond acceptors (Lipinski definition) is 3. The minimum Gasteiger partial charge on any atom is -0.380 e. The molecule has 120 valence electrons. The van der Waals surface area contributed by atoms with Crippen molar-refractivity contribution >= 4 is 28.6 Å². The number of nitrogens with zero attached hydrogens (tertiary/aromatic N) is 1. The fraction of sp³-hybridized carbons (Fsp3) is 0.250. The highest BCUT2D eigenvalue weighted by molar-refractivity contribution is 7.15. The molecule has 0 aliphatic rings. The molecule has 0 fully saturated rings. The highest BCUT2D eigenvalue weighted by atomic mass is 35.5. The van der Waals surface area contributed by atoms with Crippen molar-refractivity contribution < 1.29 is 26.3 Å². The summed E-state index contributed by atoms with van der Waals surface area (Å²) < 4.78 is 76.5. The Morgan fingerprint density at radius 2 is 1.77 bits per heavy atom. The lowest BCUT2D eigenvalue weighted by Crippen LogP contribution is -2.14. The molecule has 1 aromatic carbocycles. The van der Waals surface area contributed by atoms with Crippen molar-refractivity contribution in [1.29, 1.82) is 0 Å². The fourth-order valence-electron chi connectivity index (χ4n) is 1.66. The van der Waals surface area contributed by atoms with Crippen LogP contribution in [0.15, 0.2) is 24.4 Å². The van der Waals surface area contributed by atoms with Crippen molar-refractivity contribution in [3.05, 3.63) is 44.9 Å². The predicted octanol–water partition coefficient (Wildman–Crippen LogP) is 5.45. The molecule has 0 atom stereocenters. The van der Waals surface area contributed by atoms with E-state index in [1.54, 1.807) is 0 Å². The summed E-state index contributed by atoms with van der Waals surface area (Å²) in [5, 5.41) is 2.45. The molecule has 0 saturated carbocycles. The molecular weight excluding hydrogens is 354 g/mol. The molecular formula is C12H7ClF6N2S. The number of halogens is 7. The minimum atomic E-state index is -4.91. The van der Waals surface area contributed by atoms with E-state index in [9.17, 15) is 26.3 Å². The molecule has 22 heavy (non-hydrogen) atoms. The molecule has 0 unspecified atom stereocenters. The molecule has 0 radical (unpaired) electrons. The molecule has 0 aliphatic carbocycles. The summed E-state index contributed by atoms with van der Waals surface area (Å²) in [4.78, 5) is 4.27. The van der Waals surface area contributed by atoms with Gasteiger partial charge in [0.05, 0.1) is 17.7 Å². The Labute approximate surface area is 129 Å². The first-order valence-corrected chi connectivity index (χ1v) is 6.89. The van der Waals surface area contributed by atoms with Gasteiger partial charge in [0.15, 0.2) is 4.47 Å². The molecule has 2 rings (SSSR count). The summed E-state index contributed by atoms with van der Waals surface area (Å²) in [6.45, 7) is -0.0289. The summed E-state index contributed by atoms with van der Waals surface area (Å²) in [6.07, 6.45) is -8.38. The van der Waals surface area contributed by atoms with Crippen LogP contribution in [0.1, 0.15) is 16.0 Å². The summed E-state index contributed by atoms with van der Waals surface area (Å²) in [5.74, 6) is 0. The zero-order valence-electron chi connectivity index (χ0n) is 10.5. The third-order valence-corrected chi connectivity index (χ3v) is 3.75. The lowest BCUT2D eigenvalue weighted by Gasteiger charge is -2.16. The van der Waals surface area contributed by atoms with Crippen LogP contribution in [-0.2, 0) is 18.9 Å². The number of thiazole rings is 1. The van der Waals surface area contributed by atoms with Gasteiger partial charge in [-0.15, -0.1) is 11.3 Å². The van der Waals surface area contributed by atoms with Crippen LogP contribution in [0.5, 0.6) is 0 Å². The van der Waals surface area contributed by atoms with Crippen molar-refractivity contribution in [2.45, 2.75) is 18.9 Å². The Morgan fingerprint density at radius 3 is 2.27 bits per heavy atom. The average molecular weight is 361 g/mol. The first kappa shape index (κ1) is 16.9. The molecule has 2 nitrogen and oxygen atoms in total. The molecule has 0 spiro atoms. The summed E-state index contributed by atoms with van der Waals surface area (Å²) in [5.41, 5.74) is -3.17. The zero-order valence-corrected chi connectivity index (χ0v) is 12.1. The van der Waals surface area contributed by atoms with Gasteiger partial charge in [0.25, 0.3) is 0 Å². The van der Waals surface area contributed by atoms with Gasteiger partial charge in [-0.05, 0) is 18.2 Å². The Morgan fingerprint density at radius 1 is 1.09 bits per heavy atom. The van der Waals surface area contributed by atoms with Crippen LogP contribution >= 0.6 is 22.9 Å². The molecule has 1 aromatic heterocycles. The van der Waals surface area contributed by atoms with Crippen LogP contribution in [0.25, 0.3) is 0 Å². The quantitative estimate of drug-likeness (QED) is 0.737. The van der Waals surface area contributed by atoms with Gasteiger partial charge in [0.1, 0.15) is 0 Å². The second kappa shape index (κ2) is 5.96. The van der Waals surface area contributed by atoms with Crippen LogP contribution in [0.2, 0.25) is 4.47 Å². The number of hydrogen-bond donors (Lipinski definition) is 1. The maximum absolute atomic E-state index is 12.9. The van der Waals surface area contributed by atoms with Crippen LogP contribution < -0.4 is 5.32 Å². The zero-order chi connectivity index (χ0) is 16.5. The maximum atomic E-state index is 12.9. The minimum absolute atomic E-state index is 0.0289. The van der Waals surface area contributed by atoms with E-state index in [1.807, 2.05) is 0 Å². The first-order chi connectivity index (χ1) is 10.1. The summed E-state index contributed by atoms with van der Waals surface area (Å²) >= 11 is 6.65. The Kier molecular flexibility index (Phi) is 4.57. The van der Waals surface area contributed by atoms with Crippen LogP contribution in [0.4, 0.5) is 32.0 Å². The van der Waals surface area contributed by atoms with Crippen LogP contribution in [0.3, 0.4) is 0 Å². The Bertz CT molecular complexity index is 664. The number of alkyl halides is 6. The van der Waals surface area contributed by atoms with Crippen LogP contribution in [0, 0.1) is 0 Å². The number of rotatable bonds is 3. The van der Waals surface area contributed by atoms with Gasteiger partial charge >= 0.3 is 12.4 Å². The van der Waals surface area contributed by atoms with Gasteiger partial charge in [-0.2, -0.15) is 26.3 Å². The third-order valence-electron chi connectivity index (χ3n) is 2.63. The van der Waals surface area contributed by atoms with Gasteiger partial charge in [0, 0.05) is 16.8 Å². The van der Waals surface area contributed by atoms with E-state index >= 15 is 0 Å². The van der Waals surface area contributed by atoms with E-state index in [1.165, 1.54) is 6.20 Å². The maximum Gasteiger partial charge on any atom is 0.418 e. The summed E-state index contributed by atoms with van der Waals surface area (Å²) in [7, 11) is 0. The highest BCUT2D eigenvalue weighted by Gasteiger charge is 2.38. The molecule has 0 bridgehead atoms. The monoisotopic (exact) mass is 360 g/mol. The van der Waals surface area contributed by atoms with E-state index in [-0.39, 0.29) is 17.1 Å². The second-order valence-corrected chi connectivity index (χ2v) is 5.89. The lowest BCUT2D eigenvalue weighted by atomic mass is 10.1. The normalized spacial score (nSPS) is 12.5. The molecule has 10 heteroatoms. The topological polar surface area (TPSA) is 24.9 Å². The molecule has 1 heterocycles. The molecule has 0 amide bonds. The van der Waals surface area contributed by atoms with Crippen molar-refractivity contribution in [3.8, 4) is 0 Å². The number of benzene rings is 1. The van der Waals surface area contributed by atoms with E-state index < -0.39 is 29.2 Å². The second-order valence-electron chi connectivity index (χ2n) is 4.19. The predicted molar refractivity (Wildman–Crippen MR) is 70.9 cm³/mol. The molecule has 2 aromatic rings. The standard InChI is InChI=1S/C12H7ClF6N2S/c13-10-21-5-7(22-10)4-20-9-2-1-6(11(14,15)16)3-8(9)12(17,18)19/h1-3,5,20H,4H2. The van der Waals surface area contributed by atoms with Crippen molar-refractivity contribution in [3.63, 3.8) is 0 Å². The number of anilines is 1. The smallest absolute Gasteiger partial charge is 0.380 e. The van der Waals surface area contributed by atoms with Crippen molar-refractivity contribution in [1.82, 2.24) is 4.98 Å².